The minimum absolute atomic E-state index is 0.630. The van der Waals surface area contributed by atoms with Gasteiger partial charge in [-0.3, -0.25) is 0 Å². The lowest BCUT2D eigenvalue weighted by Gasteiger charge is -2.38. The van der Waals surface area contributed by atoms with Crippen LogP contribution in [0.4, 0.5) is 0 Å². The Bertz CT molecular complexity index is 216. The summed E-state index contributed by atoms with van der Waals surface area (Å²) in [6, 6.07) is 0. The zero-order chi connectivity index (χ0) is 10.9. The van der Waals surface area contributed by atoms with Gasteiger partial charge in [-0.05, 0) is 0 Å². The van der Waals surface area contributed by atoms with Crippen molar-refractivity contribution in [1.29, 1.82) is 0 Å². The van der Waals surface area contributed by atoms with Crippen molar-refractivity contribution in [1.82, 2.24) is 0 Å². The average molecular weight is 208 g/mol. The highest BCUT2D eigenvalue weighted by Crippen LogP contribution is 2.20. The van der Waals surface area contributed by atoms with Crippen molar-refractivity contribution >= 4 is 5.97 Å². The van der Waals surface area contributed by atoms with Crippen LogP contribution in [0.3, 0.4) is 0 Å². The lowest BCUT2D eigenvalue weighted by molar-refractivity contribution is -0.233. The summed E-state index contributed by atoms with van der Waals surface area (Å²) < 4.78 is 4.68. The third-order valence-corrected chi connectivity index (χ3v) is 2.14. The fourth-order valence-corrected chi connectivity index (χ4v) is 1.31. The quantitative estimate of drug-likeness (QED) is 0.325. The SMILES string of the molecule is O=C(O)[C@H]1OC(CO)[C@H](O)[C@@H](O)[C@H]1O. The van der Waals surface area contributed by atoms with E-state index >= 15 is 0 Å². The van der Waals surface area contributed by atoms with Crippen molar-refractivity contribution in [3.63, 3.8) is 0 Å². The van der Waals surface area contributed by atoms with Gasteiger partial charge < -0.3 is 30.3 Å². The fourth-order valence-electron chi connectivity index (χ4n) is 1.31. The third-order valence-electron chi connectivity index (χ3n) is 2.14. The van der Waals surface area contributed by atoms with Crippen molar-refractivity contribution in [2.45, 2.75) is 30.5 Å². The van der Waals surface area contributed by atoms with Crippen LogP contribution < -0.4 is 0 Å². The van der Waals surface area contributed by atoms with E-state index in [4.69, 9.17) is 10.2 Å². The highest BCUT2D eigenvalue weighted by atomic mass is 16.6. The molecule has 7 nitrogen and oxygen atoms in total. The third kappa shape index (κ3) is 1.86. The second kappa shape index (κ2) is 4.20. The molecule has 0 radical (unpaired) electrons. The maximum absolute atomic E-state index is 10.5. The van der Waals surface area contributed by atoms with E-state index in [0.717, 1.165) is 0 Å². The summed E-state index contributed by atoms with van der Waals surface area (Å²) in [5.74, 6) is -1.46. The molecule has 5 atom stereocenters. The van der Waals surface area contributed by atoms with Gasteiger partial charge in [0.1, 0.15) is 24.4 Å². The summed E-state index contributed by atoms with van der Waals surface area (Å²) >= 11 is 0. The summed E-state index contributed by atoms with van der Waals surface area (Å²) in [4.78, 5) is 10.5. The van der Waals surface area contributed by atoms with Gasteiger partial charge >= 0.3 is 5.97 Å². The van der Waals surface area contributed by atoms with E-state index in [9.17, 15) is 20.1 Å². The normalized spacial score (nSPS) is 43.6. The highest BCUT2D eigenvalue weighted by Gasteiger charge is 2.46. The van der Waals surface area contributed by atoms with Crippen LogP contribution in [0.15, 0.2) is 0 Å². The van der Waals surface area contributed by atoms with Gasteiger partial charge in [0.2, 0.25) is 0 Å². The molecule has 0 amide bonds. The van der Waals surface area contributed by atoms with Crippen LogP contribution in [0, 0.1) is 0 Å². The molecule has 1 aliphatic heterocycles. The lowest BCUT2D eigenvalue weighted by Crippen LogP contribution is -2.60. The van der Waals surface area contributed by atoms with Gasteiger partial charge in [0.15, 0.2) is 6.10 Å². The number of aliphatic carboxylic acids is 1. The molecule has 0 spiro atoms. The Morgan fingerprint density at radius 1 is 1.14 bits per heavy atom. The van der Waals surface area contributed by atoms with Crippen molar-refractivity contribution < 1.29 is 35.1 Å². The molecular weight excluding hydrogens is 196 g/mol. The predicted octanol–water partition coefficient (Wildman–Crippen LogP) is -3.09. The Kier molecular flexibility index (Phi) is 3.40. The standard InChI is InChI=1S/C7H12O7/c8-1-2-3(9)4(10)5(11)6(14-2)7(12)13/h2-6,8-11H,1H2,(H,12,13)/t2?,3-,4+,5+,6-/m0/s1. The second-order valence-electron chi connectivity index (χ2n) is 3.09. The van der Waals surface area contributed by atoms with Crippen LogP contribution in [0.1, 0.15) is 0 Å². The number of ether oxygens (including phenoxy) is 1. The zero-order valence-corrected chi connectivity index (χ0v) is 7.15. The maximum Gasteiger partial charge on any atom is 0.335 e. The lowest BCUT2D eigenvalue weighted by atomic mass is 9.95. The van der Waals surface area contributed by atoms with Gasteiger partial charge in [0.05, 0.1) is 6.61 Å². The molecule has 7 heteroatoms. The Balaban J connectivity index is 2.78. The first-order valence-electron chi connectivity index (χ1n) is 4.02. The molecule has 0 aliphatic carbocycles. The van der Waals surface area contributed by atoms with Gasteiger partial charge in [-0.1, -0.05) is 0 Å². The Morgan fingerprint density at radius 3 is 2.14 bits per heavy atom. The minimum atomic E-state index is -1.70. The summed E-state index contributed by atoms with van der Waals surface area (Å²) in [5.41, 5.74) is 0. The predicted molar refractivity (Wildman–Crippen MR) is 41.4 cm³/mol. The number of rotatable bonds is 2. The molecule has 0 aromatic carbocycles. The molecule has 1 unspecified atom stereocenters. The van der Waals surface area contributed by atoms with Gasteiger partial charge in [-0.25, -0.2) is 4.79 Å². The Hall–Kier alpha value is -0.730. The van der Waals surface area contributed by atoms with Crippen molar-refractivity contribution in [3.8, 4) is 0 Å². The smallest absolute Gasteiger partial charge is 0.335 e. The van der Waals surface area contributed by atoms with Crippen LogP contribution >= 0.6 is 0 Å². The highest BCUT2D eigenvalue weighted by molar-refractivity contribution is 5.73. The van der Waals surface area contributed by atoms with Crippen LogP contribution in [0.5, 0.6) is 0 Å². The van der Waals surface area contributed by atoms with E-state index in [2.05, 4.69) is 4.74 Å². The monoisotopic (exact) mass is 208 g/mol. The number of carboxylic acids is 1. The number of carboxylic acid groups (broad SMARTS) is 1. The maximum atomic E-state index is 10.5. The second-order valence-corrected chi connectivity index (χ2v) is 3.09. The van der Waals surface area contributed by atoms with Crippen molar-refractivity contribution in [2.75, 3.05) is 6.61 Å². The van der Waals surface area contributed by atoms with Crippen LogP contribution in [0.25, 0.3) is 0 Å². The van der Waals surface area contributed by atoms with Crippen LogP contribution in [-0.4, -0.2) is 68.6 Å². The van der Waals surface area contributed by atoms with Crippen molar-refractivity contribution in [2.24, 2.45) is 0 Å². The molecule has 1 saturated heterocycles. The van der Waals surface area contributed by atoms with E-state index in [1.54, 1.807) is 0 Å². The first-order valence-corrected chi connectivity index (χ1v) is 4.02. The molecule has 1 aliphatic rings. The van der Waals surface area contributed by atoms with Crippen LogP contribution in [-0.2, 0) is 9.53 Å². The van der Waals surface area contributed by atoms with Crippen LogP contribution in [0.2, 0.25) is 0 Å². The molecule has 0 bridgehead atoms. The van der Waals surface area contributed by atoms with E-state index in [0.29, 0.717) is 0 Å². The Labute approximate surface area is 79.2 Å². The minimum Gasteiger partial charge on any atom is -0.479 e. The molecule has 1 fully saturated rings. The average Bonchev–Trinajstić information content (AvgIpc) is 2.14. The first-order chi connectivity index (χ1) is 6.49. The molecule has 0 aromatic rings. The summed E-state index contributed by atoms with van der Waals surface area (Å²) in [7, 11) is 0. The van der Waals surface area contributed by atoms with E-state index in [1.807, 2.05) is 0 Å². The molecule has 14 heavy (non-hydrogen) atoms. The number of carbonyl (C=O) groups is 1. The van der Waals surface area contributed by atoms with Gasteiger partial charge in [-0.2, -0.15) is 0 Å². The number of hydrogen-bond donors (Lipinski definition) is 5. The summed E-state index contributed by atoms with van der Waals surface area (Å²) in [6.45, 7) is -0.630. The largest absolute Gasteiger partial charge is 0.479 e. The topological polar surface area (TPSA) is 127 Å². The first kappa shape index (κ1) is 11.3. The molecule has 1 heterocycles. The van der Waals surface area contributed by atoms with Gasteiger partial charge in [0.25, 0.3) is 0 Å². The molecular formula is C7H12O7. The van der Waals surface area contributed by atoms with E-state index < -0.39 is 43.1 Å². The van der Waals surface area contributed by atoms with E-state index in [1.165, 1.54) is 0 Å². The molecule has 1 rings (SSSR count). The summed E-state index contributed by atoms with van der Waals surface area (Å²) in [5, 5.41) is 44.9. The molecule has 0 saturated carbocycles. The number of hydrogen-bond acceptors (Lipinski definition) is 6. The zero-order valence-electron chi connectivity index (χ0n) is 7.15. The number of aliphatic hydroxyl groups is 4. The van der Waals surface area contributed by atoms with E-state index in [-0.39, 0.29) is 0 Å². The van der Waals surface area contributed by atoms with Gasteiger partial charge in [-0.15, -0.1) is 0 Å². The summed E-state index contributed by atoms with van der Waals surface area (Å²) in [6.07, 6.45) is -7.67. The molecule has 82 valence electrons. The molecule has 0 aromatic heterocycles. The fraction of sp³-hybridized carbons (Fsp3) is 0.857. The Morgan fingerprint density at radius 2 is 1.71 bits per heavy atom. The number of aliphatic hydroxyl groups excluding tert-OH is 4. The van der Waals surface area contributed by atoms with Crippen molar-refractivity contribution in [3.05, 3.63) is 0 Å². The van der Waals surface area contributed by atoms with Gasteiger partial charge in [0, 0.05) is 0 Å². The molecule has 5 N–H and O–H groups in total.